The zero-order chi connectivity index (χ0) is 41.4. The van der Waals surface area contributed by atoms with E-state index in [9.17, 15) is 14.7 Å². The van der Waals surface area contributed by atoms with Crippen molar-refractivity contribution in [2.45, 2.75) is 270 Å². The van der Waals surface area contributed by atoms with E-state index in [4.69, 9.17) is 9.47 Å². The van der Waals surface area contributed by atoms with Gasteiger partial charge in [0, 0.05) is 12.8 Å². The van der Waals surface area contributed by atoms with E-state index in [1.54, 1.807) is 0 Å². The van der Waals surface area contributed by atoms with Crippen molar-refractivity contribution in [3.05, 3.63) is 36.5 Å². The first kappa shape index (κ1) is 55.1. The van der Waals surface area contributed by atoms with Gasteiger partial charge in [-0.25, -0.2) is 0 Å². The molecule has 0 saturated heterocycles. The number of carbonyl (C=O) groups is 2. The normalized spacial score (nSPS) is 12.4. The van der Waals surface area contributed by atoms with Crippen LogP contribution in [0.25, 0.3) is 0 Å². The van der Waals surface area contributed by atoms with Gasteiger partial charge < -0.3 is 14.6 Å². The van der Waals surface area contributed by atoms with Crippen LogP contribution in [0.3, 0.4) is 0 Å². The van der Waals surface area contributed by atoms with Gasteiger partial charge >= 0.3 is 11.9 Å². The van der Waals surface area contributed by atoms with E-state index in [0.717, 1.165) is 51.4 Å². The number of esters is 2. The predicted octanol–water partition coefficient (Wildman–Crippen LogP) is 16.4. The number of ether oxygens (including phenoxy) is 2. The first-order valence-electron chi connectivity index (χ1n) is 25.0. The molecule has 0 bridgehead atoms. The molecule has 0 aromatic heterocycles. The molecule has 0 aliphatic heterocycles. The third kappa shape index (κ3) is 46.7. The Kier molecular flexibility index (Phi) is 46.9. The minimum absolute atomic E-state index is 0.0608. The molecule has 0 radical (unpaired) electrons. The second-order valence-corrected chi connectivity index (χ2v) is 16.9. The fourth-order valence-corrected chi connectivity index (χ4v) is 7.39. The van der Waals surface area contributed by atoms with E-state index in [1.807, 2.05) is 0 Å². The first-order chi connectivity index (χ1) is 28.1. The van der Waals surface area contributed by atoms with Gasteiger partial charge in [-0.2, -0.15) is 0 Å². The number of carbonyl (C=O) groups excluding carboxylic acids is 2. The van der Waals surface area contributed by atoms with Crippen LogP contribution in [0.2, 0.25) is 0 Å². The summed E-state index contributed by atoms with van der Waals surface area (Å²) < 4.78 is 10.6. The number of aliphatic hydroxyl groups excluding tert-OH is 1. The largest absolute Gasteiger partial charge is 0.462 e. The van der Waals surface area contributed by atoms with Crippen LogP contribution in [0.5, 0.6) is 0 Å². The smallest absolute Gasteiger partial charge is 0.306 e. The number of hydrogen-bond acceptors (Lipinski definition) is 5. The third-order valence-electron chi connectivity index (χ3n) is 11.2. The molecule has 334 valence electrons. The summed E-state index contributed by atoms with van der Waals surface area (Å²) in [7, 11) is 0. The molecule has 0 aromatic rings. The molecule has 0 spiro atoms. The maximum Gasteiger partial charge on any atom is 0.306 e. The summed E-state index contributed by atoms with van der Waals surface area (Å²) in [5.74, 6) is -0.581. The third-order valence-corrected chi connectivity index (χ3v) is 11.2. The molecule has 0 heterocycles. The van der Waals surface area contributed by atoms with Crippen molar-refractivity contribution in [3.8, 4) is 0 Å². The van der Waals surface area contributed by atoms with Crippen molar-refractivity contribution in [1.82, 2.24) is 0 Å². The highest BCUT2D eigenvalue weighted by atomic mass is 16.6. The molecule has 0 amide bonds. The van der Waals surface area contributed by atoms with Crippen molar-refractivity contribution in [3.63, 3.8) is 0 Å². The fraction of sp³-hybridized carbons (Fsp3) is 0.846. The van der Waals surface area contributed by atoms with Crippen LogP contribution in [0.15, 0.2) is 36.5 Å². The Bertz CT molecular complexity index is 908. The van der Waals surface area contributed by atoms with E-state index < -0.39 is 6.10 Å². The molecule has 1 unspecified atom stereocenters. The van der Waals surface area contributed by atoms with Crippen LogP contribution in [0, 0.1) is 0 Å². The molecule has 1 atom stereocenters. The summed E-state index contributed by atoms with van der Waals surface area (Å²) in [6.07, 6.45) is 61.1. The number of unbranched alkanes of at least 4 members (excludes halogenated alkanes) is 32. The number of aliphatic hydroxyl groups is 1. The van der Waals surface area contributed by atoms with Crippen LogP contribution < -0.4 is 0 Å². The van der Waals surface area contributed by atoms with Gasteiger partial charge in [0.15, 0.2) is 6.10 Å². The summed E-state index contributed by atoms with van der Waals surface area (Å²) >= 11 is 0. The van der Waals surface area contributed by atoms with Crippen molar-refractivity contribution in [2.75, 3.05) is 13.2 Å². The Balaban J connectivity index is 3.41. The summed E-state index contributed by atoms with van der Waals surface area (Å²) in [5, 5.41) is 9.57. The van der Waals surface area contributed by atoms with E-state index >= 15 is 0 Å². The van der Waals surface area contributed by atoms with Crippen molar-refractivity contribution in [2.24, 2.45) is 0 Å². The second-order valence-electron chi connectivity index (χ2n) is 16.9. The zero-order valence-electron chi connectivity index (χ0n) is 38.1. The van der Waals surface area contributed by atoms with Gasteiger partial charge in [-0.05, 0) is 51.4 Å². The highest BCUT2D eigenvalue weighted by molar-refractivity contribution is 5.70. The molecular formula is C52H96O5. The zero-order valence-corrected chi connectivity index (χ0v) is 38.1. The average Bonchev–Trinajstić information content (AvgIpc) is 3.21. The maximum absolute atomic E-state index is 12.2. The lowest BCUT2D eigenvalue weighted by Gasteiger charge is -2.15. The Morgan fingerprint density at radius 3 is 1.05 bits per heavy atom. The Labute approximate surface area is 355 Å². The predicted molar refractivity (Wildman–Crippen MR) is 247 cm³/mol. The molecule has 0 aliphatic carbocycles. The molecule has 0 fully saturated rings. The number of hydrogen-bond donors (Lipinski definition) is 1. The summed E-state index contributed by atoms with van der Waals surface area (Å²) in [4.78, 5) is 24.3. The molecule has 1 N–H and O–H groups in total. The maximum atomic E-state index is 12.2. The molecule has 0 aliphatic rings. The molecule has 0 saturated carbocycles. The van der Waals surface area contributed by atoms with E-state index in [2.05, 4.69) is 50.3 Å². The van der Waals surface area contributed by atoms with Crippen LogP contribution in [0.1, 0.15) is 264 Å². The Morgan fingerprint density at radius 2 is 0.702 bits per heavy atom. The highest BCUT2D eigenvalue weighted by Gasteiger charge is 2.16. The molecule has 5 heteroatoms. The summed E-state index contributed by atoms with van der Waals surface area (Å²) in [6, 6.07) is 0. The second kappa shape index (κ2) is 48.5. The lowest BCUT2D eigenvalue weighted by atomic mass is 10.0. The molecule has 0 rings (SSSR count). The van der Waals surface area contributed by atoms with Gasteiger partial charge in [0.25, 0.3) is 0 Å². The van der Waals surface area contributed by atoms with Crippen LogP contribution >= 0.6 is 0 Å². The van der Waals surface area contributed by atoms with Crippen molar-refractivity contribution >= 4 is 11.9 Å². The minimum atomic E-state index is -0.766. The molecule has 57 heavy (non-hydrogen) atoms. The highest BCUT2D eigenvalue weighted by Crippen LogP contribution is 2.16. The van der Waals surface area contributed by atoms with Crippen LogP contribution in [-0.4, -0.2) is 36.4 Å². The lowest BCUT2D eigenvalue weighted by molar-refractivity contribution is -0.161. The van der Waals surface area contributed by atoms with Crippen LogP contribution in [0.4, 0.5) is 0 Å². The van der Waals surface area contributed by atoms with Crippen molar-refractivity contribution < 1.29 is 24.2 Å². The SMILES string of the molecule is CCCCCCC/C=C\C/C=C\C/C=C\CCCCCCCCCCCCCCCCCCCCC(=O)OC(CO)COC(=O)CCCCCCCCCCCC. The first-order valence-corrected chi connectivity index (χ1v) is 25.0. The van der Waals surface area contributed by atoms with Gasteiger partial charge in [0.1, 0.15) is 6.61 Å². The fourth-order valence-electron chi connectivity index (χ4n) is 7.39. The van der Waals surface area contributed by atoms with Crippen LogP contribution in [-0.2, 0) is 19.1 Å². The Hall–Kier alpha value is -1.88. The van der Waals surface area contributed by atoms with E-state index in [-0.39, 0.29) is 25.2 Å². The molecule has 5 nitrogen and oxygen atoms in total. The number of rotatable bonds is 46. The summed E-state index contributed by atoms with van der Waals surface area (Å²) in [5.41, 5.74) is 0. The minimum Gasteiger partial charge on any atom is -0.462 e. The lowest BCUT2D eigenvalue weighted by Crippen LogP contribution is -2.28. The van der Waals surface area contributed by atoms with Gasteiger partial charge in [-0.15, -0.1) is 0 Å². The molecule has 0 aromatic carbocycles. The van der Waals surface area contributed by atoms with Gasteiger partial charge in [0.05, 0.1) is 6.61 Å². The quantitative estimate of drug-likeness (QED) is 0.0377. The van der Waals surface area contributed by atoms with Gasteiger partial charge in [-0.1, -0.05) is 237 Å². The standard InChI is InChI=1S/C52H96O5/c1-3-5-7-9-11-13-15-16-17-18-19-20-21-22-23-24-25-26-27-28-29-30-31-32-33-34-35-36-37-39-41-43-45-47-52(55)57-50(48-53)49-56-51(54)46-44-42-40-38-14-12-10-8-6-4-2/h15-16,18-19,21-22,50,53H,3-14,17,20,23-49H2,1-2H3/b16-15-,19-18-,22-21-. The van der Waals surface area contributed by atoms with Gasteiger partial charge in [0.2, 0.25) is 0 Å². The molecular weight excluding hydrogens is 705 g/mol. The summed E-state index contributed by atoms with van der Waals surface area (Å²) in [6.45, 7) is 4.13. The topological polar surface area (TPSA) is 72.8 Å². The van der Waals surface area contributed by atoms with E-state index in [0.29, 0.717) is 12.8 Å². The van der Waals surface area contributed by atoms with Crippen molar-refractivity contribution in [1.29, 1.82) is 0 Å². The van der Waals surface area contributed by atoms with E-state index in [1.165, 1.54) is 186 Å². The van der Waals surface area contributed by atoms with Gasteiger partial charge in [-0.3, -0.25) is 9.59 Å². The monoisotopic (exact) mass is 801 g/mol. The average molecular weight is 801 g/mol. The number of allylic oxidation sites excluding steroid dienone is 6. The Morgan fingerprint density at radius 1 is 0.404 bits per heavy atom.